The van der Waals surface area contributed by atoms with E-state index in [1.54, 1.807) is 6.92 Å². The van der Waals surface area contributed by atoms with Crippen LogP contribution in [0.5, 0.6) is 0 Å². The van der Waals surface area contributed by atoms with E-state index < -0.39 is 18.1 Å². The van der Waals surface area contributed by atoms with Crippen LogP contribution in [0.15, 0.2) is 0 Å². The van der Waals surface area contributed by atoms with Crippen LogP contribution in [0, 0.1) is 0 Å². The van der Waals surface area contributed by atoms with E-state index in [1.165, 1.54) is 0 Å². The summed E-state index contributed by atoms with van der Waals surface area (Å²) in [7, 11) is 0. The fraction of sp³-hybridized carbons (Fsp3) is 0.867. The number of hydrogen-bond donors (Lipinski definition) is 0. The van der Waals surface area contributed by atoms with Gasteiger partial charge in [-0.1, -0.05) is 13.8 Å². The molecule has 0 radical (unpaired) electrons. The molecule has 8 heteroatoms. The Labute approximate surface area is 135 Å². The van der Waals surface area contributed by atoms with Crippen LogP contribution in [0.4, 0.5) is 13.2 Å². The van der Waals surface area contributed by atoms with Crippen molar-refractivity contribution < 1.29 is 27.5 Å². The first-order valence-electron chi connectivity index (χ1n) is 8.00. The Balaban J connectivity index is 4.44. The molecule has 0 aromatic heterocycles. The molecule has 0 aliphatic carbocycles. The van der Waals surface area contributed by atoms with Crippen LogP contribution >= 0.6 is 0 Å². The number of carbonyl (C=O) groups is 2. The van der Waals surface area contributed by atoms with Gasteiger partial charge in [0.1, 0.15) is 0 Å². The highest BCUT2D eigenvalue weighted by Crippen LogP contribution is 2.19. The zero-order valence-corrected chi connectivity index (χ0v) is 14.1. The average molecular weight is 340 g/mol. The van der Waals surface area contributed by atoms with Crippen LogP contribution in [0.1, 0.15) is 40.0 Å². The second kappa shape index (κ2) is 11.3. The molecule has 0 spiro atoms. The number of amides is 1. The third-order valence-electron chi connectivity index (χ3n) is 3.47. The highest BCUT2D eigenvalue weighted by atomic mass is 19.4. The minimum Gasteiger partial charge on any atom is -0.466 e. The number of esters is 1. The SMILES string of the molecule is CCOC(=O)CCN(CCCCN(CC)CC)C(=O)C(F)(F)F. The number of nitrogens with zero attached hydrogens (tertiary/aromatic N) is 2. The van der Waals surface area contributed by atoms with Gasteiger partial charge in [-0.2, -0.15) is 13.2 Å². The Bertz CT molecular complexity index is 358. The van der Waals surface area contributed by atoms with Gasteiger partial charge in [-0.25, -0.2) is 0 Å². The molecule has 0 atom stereocenters. The molecule has 0 unspecified atom stereocenters. The third-order valence-corrected chi connectivity index (χ3v) is 3.47. The maximum absolute atomic E-state index is 12.6. The molecule has 5 nitrogen and oxygen atoms in total. The van der Waals surface area contributed by atoms with Crippen molar-refractivity contribution in [2.45, 2.75) is 46.2 Å². The van der Waals surface area contributed by atoms with Gasteiger partial charge in [0.2, 0.25) is 0 Å². The van der Waals surface area contributed by atoms with Gasteiger partial charge in [-0.05, 0) is 39.4 Å². The molecule has 0 saturated carbocycles. The zero-order valence-electron chi connectivity index (χ0n) is 14.1. The first-order valence-corrected chi connectivity index (χ1v) is 8.00. The average Bonchev–Trinajstić information content (AvgIpc) is 2.49. The van der Waals surface area contributed by atoms with Gasteiger partial charge in [0.05, 0.1) is 13.0 Å². The summed E-state index contributed by atoms with van der Waals surface area (Å²) in [4.78, 5) is 25.5. The normalized spacial score (nSPS) is 11.6. The molecular formula is C15H27F3N2O3. The smallest absolute Gasteiger partial charge is 0.466 e. The number of ether oxygens (including phenoxy) is 1. The van der Waals surface area contributed by atoms with Crippen molar-refractivity contribution in [3.05, 3.63) is 0 Å². The molecule has 23 heavy (non-hydrogen) atoms. The predicted octanol–water partition coefficient (Wildman–Crippen LogP) is 2.45. The molecule has 0 aromatic rings. The molecule has 0 heterocycles. The van der Waals surface area contributed by atoms with Gasteiger partial charge in [-0.15, -0.1) is 0 Å². The second-order valence-electron chi connectivity index (χ2n) is 5.08. The molecule has 136 valence electrons. The summed E-state index contributed by atoms with van der Waals surface area (Å²) < 4.78 is 42.5. The fourth-order valence-corrected chi connectivity index (χ4v) is 2.13. The van der Waals surface area contributed by atoms with Crippen molar-refractivity contribution in [3.63, 3.8) is 0 Å². The summed E-state index contributed by atoms with van der Waals surface area (Å²) in [6, 6.07) is 0. The van der Waals surface area contributed by atoms with Crippen LogP contribution < -0.4 is 0 Å². The summed E-state index contributed by atoms with van der Waals surface area (Å²) in [6.07, 6.45) is -4.00. The monoisotopic (exact) mass is 340 g/mol. The van der Waals surface area contributed by atoms with Crippen LogP contribution in [0.25, 0.3) is 0 Å². The zero-order chi connectivity index (χ0) is 17.9. The number of unbranched alkanes of at least 4 members (excludes halogenated alkanes) is 1. The topological polar surface area (TPSA) is 49.9 Å². The largest absolute Gasteiger partial charge is 0.471 e. The van der Waals surface area contributed by atoms with Crippen molar-refractivity contribution >= 4 is 11.9 Å². The minimum absolute atomic E-state index is 0.0149. The third kappa shape index (κ3) is 9.43. The van der Waals surface area contributed by atoms with E-state index in [9.17, 15) is 22.8 Å². The van der Waals surface area contributed by atoms with E-state index in [4.69, 9.17) is 0 Å². The Morgan fingerprint density at radius 3 is 2.00 bits per heavy atom. The summed E-state index contributed by atoms with van der Waals surface area (Å²) in [5.41, 5.74) is 0. The first-order chi connectivity index (χ1) is 10.8. The number of halogens is 3. The lowest BCUT2D eigenvalue weighted by atomic mass is 10.2. The quantitative estimate of drug-likeness (QED) is 0.428. The van der Waals surface area contributed by atoms with Gasteiger partial charge in [-0.3, -0.25) is 9.59 Å². The Morgan fingerprint density at radius 2 is 1.52 bits per heavy atom. The Hall–Kier alpha value is -1.31. The molecule has 0 aliphatic heterocycles. The highest BCUT2D eigenvalue weighted by molar-refractivity contribution is 5.82. The Morgan fingerprint density at radius 1 is 0.957 bits per heavy atom. The van der Waals surface area contributed by atoms with Crippen LogP contribution in [-0.2, 0) is 14.3 Å². The number of alkyl halides is 3. The van der Waals surface area contributed by atoms with Crippen molar-refractivity contribution in [2.24, 2.45) is 0 Å². The minimum atomic E-state index is -4.92. The van der Waals surface area contributed by atoms with E-state index in [0.717, 1.165) is 19.6 Å². The summed E-state index contributed by atoms with van der Waals surface area (Å²) >= 11 is 0. The summed E-state index contributed by atoms with van der Waals surface area (Å²) in [5.74, 6) is -2.50. The van der Waals surface area contributed by atoms with E-state index in [0.29, 0.717) is 17.7 Å². The maximum Gasteiger partial charge on any atom is 0.471 e. The van der Waals surface area contributed by atoms with Crippen LogP contribution in [0.2, 0.25) is 0 Å². The predicted molar refractivity (Wildman–Crippen MR) is 80.9 cm³/mol. The number of carbonyl (C=O) groups excluding carboxylic acids is 2. The number of hydrogen-bond acceptors (Lipinski definition) is 4. The molecule has 0 rings (SSSR count). The van der Waals surface area contributed by atoms with Gasteiger partial charge < -0.3 is 14.5 Å². The number of rotatable bonds is 11. The van der Waals surface area contributed by atoms with Gasteiger partial charge >= 0.3 is 18.1 Å². The lowest BCUT2D eigenvalue weighted by Gasteiger charge is -2.24. The molecule has 0 bridgehead atoms. The van der Waals surface area contributed by atoms with E-state index in [-0.39, 0.29) is 26.1 Å². The summed E-state index contributed by atoms with van der Waals surface area (Å²) in [5, 5.41) is 0. The van der Waals surface area contributed by atoms with Gasteiger partial charge in [0, 0.05) is 13.1 Å². The van der Waals surface area contributed by atoms with E-state index >= 15 is 0 Å². The maximum atomic E-state index is 12.6. The summed E-state index contributed by atoms with van der Waals surface area (Å²) in [6.45, 7) is 8.06. The fourth-order valence-electron chi connectivity index (χ4n) is 2.13. The Kier molecular flexibility index (Phi) is 10.6. The molecular weight excluding hydrogens is 313 g/mol. The standard InChI is InChI=1S/C15H27F3N2O3/c1-4-19(5-2)10-7-8-11-20(14(22)15(16,17)18)12-9-13(21)23-6-3/h4-12H2,1-3H3. The molecule has 0 fully saturated rings. The van der Waals surface area contributed by atoms with E-state index in [2.05, 4.69) is 9.64 Å². The van der Waals surface area contributed by atoms with Gasteiger partial charge in [0.25, 0.3) is 0 Å². The van der Waals surface area contributed by atoms with E-state index in [1.807, 2.05) is 13.8 Å². The van der Waals surface area contributed by atoms with Crippen LogP contribution in [-0.4, -0.2) is 67.2 Å². The van der Waals surface area contributed by atoms with Crippen LogP contribution in [0.3, 0.4) is 0 Å². The van der Waals surface area contributed by atoms with Crippen molar-refractivity contribution in [2.75, 3.05) is 39.3 Å². The lowest BCUT2D eigenvalue weighted by Crippen LogP contribution is -2.43. The molecule has 0 aliphatic rings. The highest BCUT2D eigenvalue weighted by Gasteiger charge is 2.42. The van der Waals surface area contributed by atoms with Crippen molar-refractivity contribution in [1.29, 1.82) is 0 Å². The van der Waals surface area contributed by atoms with Crippen molar-refractivity contribution in [1.82, 2.24) is 9.80 Å². The molecule has 1 amide bonds. The molecule has 0 N–H and O–H groups in total. The molecule has 0 saturated heterocycles. The second-order valence-corrected chi connectivity index (χ2v) is 5.08. The first kappa shape index (κ1) is 21.7. The van der Waals surface area contributed by atoms with Crippen molar-refractivity contribution in [3.8, 4) is 0 Å². The van der Waals surface area contributed by atoms with Gasteiger partial charge in [0.15, 0.2) is 0 Å². The lowest BCUT2D eigenvalue weighted by molar-refractivity contribution is -0.185. The molecule has 0 aromatic carbocycles.